The van der Waals surface area contributed by atoms with Crippen molar-refractivity contribution < 1.29 is 9.53 Å². The molecule has 18 heavy (non-hydrogen) atoms. The number of carbonyl (C=O) groups excluding carboxylic acids is 1. The summed E-state index contributed by atoms with van der Waals surface area (Å²) in [5, 5.41) is 6.33. The minimum atomic E-state index is -0.302. The van der Waals surface area contributed by atoms with Crippen LogP contribution in [-0.4, -0.2) is 37.2 Å². The number of hydrogen-bond acceptors (Lipinski definition) is 3. The molecule has 0 aromatic rings. The fourth-order valence-corrected chi connectivity index (χ4v) is 2.50. The van der Waals surface area contributed by atoms with Gasteiger partial charge in [0.2, 0.25) is 5.91 Å². The molecule has 106 valence electrons. The Bertz CT molecular complexity index is 288. The first-order valence-corrected chi connectivity index (χ1v) is 6.93. The van der Waals surface area contributed by atoms with Gasteiger partial charge in [-0.1, -0.05) is 13.8 Å². The van der Waals surface area contributed by atoms with Gasteiger partial charge in [0, 0.05) is 13.2 Å². The summed E-state index contributed by atoms with van der Waals surface area (Å²) >= 11 is 0. The van der Waals surface area contributed by atoms with Crippen molar-refractivity contribution in [2.75, 3.05) is 19.7 Å². The SMILES string of the molecule is CCOC(C)(C)CNC(=O)C1NCCCC1(C)C. The van der Waals surface area contributed by atoms with Crippen molar-refractivity contribution in [2.24, 2.45) is 5.41 Å². The molecule has 0 bridgehead atoms. The average Bonchev–Trinajstić information content (AvgIpc) is 2.25. The lowest BCUT2D eigenvalue weighted by molar-refractivity contribution is -0.128. The highest BCUT2D eigenvalue weighted by molar-refractivity contribution is 5.82. The lowest BCUT2D eigenvalue weighted by Gasteiger charge is -2.38. The molecule has 0 radical (unpaired) electrons. The van der Waals surface area contributed by atoms with E-state index in [-0.39, 0.29) is 23.0 Å². The van der Waals surface area contributed by atoms with Crippen molar-refractivity contribution in [3.63, 3.8) is 0 Å². The summed E-state index contributed by atoms with van der Waals surface area (Å²) < 4.78 is 5.58. The van der Waals surface area contributed by atoms with Gasteiger partial charge in [0.1, 0.15) is 0 Å². The lowest BCUT2D eigenvalue weighted by Crippen LogP contribution is -2.57. The van der Waals surface area contributed by atoms with Gasteiger partial charge in [-0.3, -0.25) is 4.79 Å². The second-order valence-electron chi connectivity index (χ2n) is 6.39. The number of carbonyl (C=O) groups is 1. The van der Waals surface area contributed by atoms with E-state index in [2.05, 4.69) is 24.5 Å². The molecule has 0 aromatic carbocycles. The van der Waals surface area contributed by atoms with Crippen molar-refractivity contribution in [2.45, 2.75) is 59.1 Å². The number of amides is 1. The third kappa shape index (κ3) is 4.25. The van der Waals surface area contributed by atoms with E-state index in [9.17, 15) is 4.79 Å². The maximum Gasteiger partial charge on any atom is 0.237 e. The smallest absolute Gasteiger partial charge is 0.237 e. The summed E-state index contributed by atoms with van der Waals surface area (Å²) in [4.78, 5) is 12.2. The average molecular weight is 256 g/mol. The topological polar surface area (TPSA) is 50.4 Å². The molecule has 0 aliphatic carbocycles. The quantitative estimate of drug-likeness (QED) is 0.787. The van der Waals surface area contributed by atoms with Gasteiger partial charge < -0.3 is 15.4 Å². The second-order valence-corrected chi connectivity index (χ2v) is 6.39. The highest BCUT2D eigenvalue weighted by Gasteiger charge is 2.37. The Morgan fingerprint density at radius 1 is 1.50 bits per heavy atom. The second kappa shape index (κ2) is 6.02. The molecule has 1 saturated heterocycles. The molecule has 4 nitrogen and oxygen atoms in total. The first-order valence-electron chi connectivity index (χ1n) is 6.93. The molecule has 1 aliphatic rings. The van der Waals surface area contributed by atoms with Crippen LogP contribution in [0.5, 0.6) is 0 Å². The molecule has 2 N–H and O–H groups in total. The third-order valence-electron chi connectivity index (χ3n) is 3.61. The monoisotopic (exact) mass is 256 g/mol. The van der Waals surface area contributed by atoms with Crippen LogP contribution in [0.3, 0.4) is 0 Å². The third-order valence-corrected chi connectivity index (χ3v) is 3.61. The summed E-state index contributed by atoms with van der Waals surface area (Å²) in [5.41, 5.74) is -0.276. The van der Waals surface area contributed by atoms with E-state index in [1.165, 1.54) is 0 Å². The Hall–Kier alpha value is -0.610. The van der Waals surface area contributed by atoms with Gasteiger partial charge in [-0.25, -0.2) is 0 Å². The highest BCUT2D eigenvalue weighted by Crippen LogP contribution is 2.30. The van der Waals surface area contributed by atoms with Crippen LogP contribution in [0.4, 0.5) is 0 Å². The summed E-state index contributed by atoms with van der Waals surface area (Å²) in [6.45, 7) is 12.4. The fraction of sp³-hybridized carbons (Fsp3) is 0.929. The zero-order valence-electron chi connectivity index (χ0n) is 12.4. The van der Waals surface area contributed by atoms with Gasteiger partial charge in [-0.15, -0.1) is 0 Å². The molecule has 1 amide bonds. The van der Waals surface area contributed by atoms with Gasteiger partial charge in [-0.05, 0) is 45.6 Å². The number of piperidine rings is 1. The van der Waals surface area contributed by atoms with Crippen molar-refractivity contribution in [3.05, 3.63) is 0 Å². The maximum atomic E-state index is 12.2. The Balaban J connectivity index is 2.50. The van der Waals surface area contributed by atoms with Crippen molar-refractivity contribution in [1.29, 1.82) is 0 Å². The van der Waals surface area contributed by atoms with Crippen molar-refractivity contribution in [1.82, 2.24) is 10.6 Å². The Morgan fingerprint density at radius 3 is 2.72 bits per heavy atom. The van der Waals surface area contributed by atoms with E-state index in [0.29, 0.717) is 13.2 Å². The van der Waals surface area contributed by atoms with Gasteiger partial charge in [0.05, 0.1) is 11.6 Å². The maximum absolute atomic E-state index is 12.2. The largest absolute Gasteiger partial charge is 0.374 e. The number of nitrogens with one attached hydrogen (secondary N) is 2. The highest BCUT2D eigenvalue weighted by atomic mass is 16.5. The molecule has 1 unspecified atom stereocenters. The molecule has 1 rings (SSSR count). The Labute approximate surface area is 111 Å². The molecule has 1 aliphatic heterocycles. The normalized spacial score (nSPS) is 23.7. The van der Waals surface area contributed by atoms with E-state index in [4.69, 9.17) is 4.74 Å². The number of rotatable bonds is 5. The van der Waals surface area contributed by atoms with Gasteiger partial charge in [-0.2, -0.15) is 0 Å². The molecule has 0 saturated carbocycles. The Morgan fingerprint density at radius 2 is 2.17 bits per heavy atom. The van der Waals surface area contributed by atoms with Crippen molar-refractivity contribution >= 4 is 5.91 Å². The zero-order valence-corrected chi connectivity index (χ0v) is 12.4. The molecule has 1 fully saturated rings. The van der Waals surface area contributed by atoms with E-state index >= 15 is 0 Å². The molecular weight excluding hydrogens is 228 g/mol. The van der Waals surface area contributed by atoms with Crippen LogP contribution < -0.4 is 10.6 Å². The van der Waals surface area contributed by atoms with Crippen LogP contribution in [0.2, 0.25) is 0 Å². The first kappa shape index (κ1) is 15.4. The minimum absolute atomic E-state index is 0.0259. The van der Waals surface area contributed by atoms with Crippen LogP contribution in [0.1, 0.15) is 47.5 Å². The summed E-state index contributed by atoms with van der Waals surface area (Å²) in [6, 6.07) is -0.0938. The predicted molar refractivity (Wildman–Crippen MR) is 73.5 cm³/mol. The Kier molecular flexibility index (Phi) is 5.17. The number of hydrogen-bond donors (Lipinski definition) is 2. The zero-order chi connectivity index (χ0) is 13.8. The van der Waals surface area contributed by atoms with Gasteiger partial charge in [0.15, 0.2) is 0 Å². The molecule has 0 spiro atoms. The summed E-state index contributed by atoms with van der Waals surface area (Å²) in [5.74, 6) is 0.0903. The number of ether oxygens (including phenoxy) is 1. The molecule has 4 heteroatoms. The van der Waals surface area contributed by atoms with Crippen LogP contribution in [0.25, 0.3) is 0 Å². The lowest BCUT2D eigenvalue weighted by atomic mass is 9.77. The van der Waals surface area contributed by atoms with Gasteiger partial charge in [0.25, 0.3) is 0 Å². The summed E-state index contributed by atoms with van der Waals surface area (Å²) in [7, 11) is 0. The molecule has 1 heterocycles. The minimum Gasteiger partial charge on any atom is -0.374 e. The van der Waals surface area contributed by atoms with E-state index < -0.39 is 0 Å². The standard InChI is InChI=1S/C14H28N2O2/c1-6-18-14(4,5)10-16-12(17)11-13(2,3)8-7-9-15-11/h11,15H,6-10H2,1-5H3,(H,16,17). The van der Waals surface area contributed by atoms with E-state index in [1.807, 2.05) is 20.8 Å². The fourth-order valence-electron chi connectivity index (χ4n) is 2.50. The van der Waals surface area contributed by atoms with E-state index in [0.717, 1.165) is 19.4 Å². The van der Waals surface area contributed by atoms with Crippen molar-refractivity contribution in [3.8, 4) is 0 Å². The first-order chi connectivity index (χ1) is 8.28. The molecular formula is C14H28N2O2. The predicted octanol–water partition coefficient (Wildman–Crippen LogP) is 1.70. The van der Waals surface area contributed by atoms with Crippen LogP contribution in [-0.2, 0) is 9.53 Å². The summed E-state index contributed by atoms with van der Waals surface area (Å²) in [6.07, 6.45) is 2.23. The molecule has 0 aromatic heterocycles. The van der Waals surface area contributed by atoms with Gasteiger partial charge >= 0.3 is 0 Å². The van der Waals surface area contributed by atoms with Crippen LogP contribution in [0, 0.1) is 5.41 Å². The van der Waals surface area contributed by atoms with Crippen LogP contribution in [0.15, 0.2) is 0 Å². The van der Waals surface area contributed by atoms with Crippen LogP contribution >= 0.6 is 0 Å². The van der Waals surface area contributed by atoms with E-state index in [1.54, 1.807) is 0 Å². The molecule has 1 atom stereocenters.